The number of rotatable bonds is 5. The monoisotopic (exact) mass is 337 g/mol. The maximum absolute atomic E-state index is 13.5. The van der Waals surface area contributed by atoms with E-state index in [2.05, 4.69) is 20.4 Å². The molecule has 1 aliphatic rings. The van der Waals surface area contributed by atoms with Gasteiger partial charge in [-0.15, -0.1) is 0 Å². The summed E-state index contributed by atoms with van der Waals surface area (Å²) < 4.78 is 24.0. The van der Waals surface area contributed by atoms with Gasteiger partial charge in [0.05, 0.1) is 11.0 Å². The van der Waals surface area contributed by atoms with Gasteiger partial charge < -0.3 is 14.6 Å². The Kier molecular flexibility index (Phi) is 4.67. The van der Waals surface area contributed by atoms with Crippen molar-refractivity contribution in [3.63, 3.8) is 0 Å². The quantitative estimate of drug-likeness (QED) is 0.642. The van der Waals surface area contributed by atoms with Crippen molar-refractivity contribution in [2.45, 2.75) is 12.6 Å². The SMILES string of the molecule is CN1CCNCC1c1noc(COc2ccc([N+](=O)[O-])c(F)c2)n1. The lowest BCUT2D eigenvalue weighted by Gasteiger charge is -2.30. The molecule has 1 N–H and O–H groups in total. The molecule has 3 rings (SSSR count). The molecule has 1 atom stereocenters. The average Bonchev–Trinajstić information content (AvgIpc) is 3.02. The molecular weight excluding hydrogens is 321 g/mol. The lowest BCUT2D eigenvalue weighted by atomic mass is 10.2. The summed E-state index contributed by atoms with van der Waals surface area (Å²) in [7, 11) is 1.98. The Bertz CT molecular complexity index is 738. The average molecular weight is 337 g/mol. The maximum atomic E-state index is 13.5. The first kappa shape index (κ1) is 16.3. The van der Waals surface area contributed by atoms with E-state index < -0.39 is 16.4 Å². The van der Waals surface area contributed by atoms with Gasteiger partial charge in [-0.25, -0.2) is 0 Å². The summed E-state index contributed by atoms with van der Waals surface area (Å²) in [6.07, 6.45) is 0. The van der Waals surface area contributed by atoms with Crippen LogP contribution in [0.2, 0.25) is 0 Å². The van der Waals surface area contributed by atoms with E-state index in [0.717, 1.165) is 31.8 Å². The molecule has 0 bridgehead atoms. The molecule has 9 nitrogen and oxygen atoms in total. The fourth-order valence-corrected chi connectivity index (χ4v) is 2.43. The highest BCUT2D eigenvalue weighted by Crippen LogP contribution is 2.23. The molecule has 0 amide bonds. The number of nitrogens with one attached hydrogen (secondary N) is 1. The lowest BCUT2D eigenvalue weighted by Crippen LogP contribution is -2.44. The predicted molar refractivity (Wildman–Crippen MR) is 79.9 cm³/mol. The minimum absolute atomic E-state index is 0.0214. The third kappa shape index (κ3) is 3.49. The van der Waals surface area contributed by atoms with Crippen LogP contribution in [0.5, 0.6) is 5.75 Å². The standard InChI is InChI=1S/C14H16FN5O4/c1-19-5-4-16-7-12(19)14-17-13(24-18-14)8-23-9-2-3-11(20(21)22)10(15)6-9/h2-3,6,12,16H,4-5,7-8H2,1H3. The lowest BCUT2D eigenvalue weighted by molar-refractivity contribution is -0.387. The number of benzene rings is 1. The molecule has 0 radical (unpaired) electrons. The summed E-state index contributed by atoms with van der Waals surface area (Å²) >= 11 is 0. The van der Waals surface area contributed by atoms with Crippen molar-refractivity contribution >= 4 is 5.69 Å². The number of nitro benzene ring substituents is 1. The Labute approximate surface area is 136 Å². The van der Waals surface area contributed by atoms with Gasteiger partial charge in [0.25, 0.3) is 5.89 Å². The second-order valence-electron chi connectivity index (χ2n) is 5.41. The Morgan fingerprint density at radius 3 is 3.12 bits per heavy atom. The van der Waals surface area contributed by atoms with Gasteiger partial charge >= 0.3 is 5.69 Å². The molecule has 1 aliphatic heterocycles. The summed E-state index contributed by atoms with van der Waals surface area (Å²) in [5.41, 5.74) is -0.602. The molecule has 128 valence electrons. The number of hydrogen-bond donors (Lipinski definition) is 1. The molecule has 2 aromatic rings. The molecule has 24 heavy (non-hydrogen) atoms. The van der Waals surface area contributed by atoms with Gasteiger partial charge in [0.2, 0.25) is 5.82 Å². The van der Waals surface area contributed by atoms with E-state index in [1.165, 1.54) is 6.07 Å². The van der Waals surface area contributed by atoms with E-state index in [4.69, 9.17) is 9.26 Å². The summed E-state index contributed by atoms with van der Waals surface area (Å²) in [4.78, 5) is 16.2. The summed E-state index contributed by atoms with van der Waals surface area (Å²) in [6.45, 7) is 2.47. The molecule has 0 saturated carbocycles. The molecule has 0 aliphatic carbocycles. The normalized spacial score (nSPS) is 18.5. The van der Waals surface area contributed by atoms with E-state index in [9.17, 15) is 14.5 Å². The minimum atomic E-state index is -0.960. The third-order valence-corrected chi connectivity index (χ3v) is 3.77. The van der Waals surface area contributed by atoms with Gasteiger partial charge in [-0.05, 0) is 13.1 Å². The fraction of sp³-hybridized carbons (Fsp3) is 0.429. The molecule has 1 aromatic heterocycles. The summed E-state index contributed by atoms with van der Waals surface area (Å²) in [6, 6.07) is 3.34. The van der Waals surface area contributed by atoms with Gasteiger partial charge in [-0.2, -0.15) is 9.37 Å². The van der Waals surface area contributed by atoms with Gasteiger partial charge in [0, 0.05) is 31.8 Å². The molecule has 2 heterocycles. The number of likely N-dealkylation sites (N-methyl/N-ethyl adjacent to an activating group) is 1. The van der Waals surface area contributed by atoms with Crippen LogP contribution in [0.4, 0.5) is 10.1 Å². The first-order chi connectivity index (χ1) is 11.5. The number of nitro groups is 1. The third-order valence-electron chi connectivity index (χ3n) is 3.77. The van der Waals surface area contributed by atoms with Crippen molar-refractivity contribution in [2.75, 3.05) is 26.7 Å². The van der Waals surface area contributed by atoms with Gasteiger partial charge in [0.15, 0.2) is 12.4 Å². The number of ether oxygens (including phenoxy) is 1. The van der Waals surface area contributed by atoms with Crippen LogP contribution in [0.3, 0.4) is 0 Å². The summed E-state index contributed by atoms with van der Waals surface area (Å²) in [5, 5.41) is 17.8. The Morgan fingerprint density at radius 1 is 1.58 bits per heavy atom. The zero-order valence-electron chi connectivity index (χ0n) is 12.9. The van der Waals surface area contributed by atoms with Crippen LogP contribution >= 0.6 is 0 Å². The van der Waals surface area contributed by atoms with E-state index >= 15 is 0 Å². The molecule has 1 saturated heterocycles. The predicted octanol–water partition coefficient (Wildman–Crippen LogP) is 1.27. The second kappa shape index (κ2) is 6.89. The molecule has 10 heteroatoms. The van der Waals surface area contributed by atoms with Crippen molar-refractivity contribution in [3.05, 3.63) is 45.8 Å². The largest absolute Gasteiger partial charge is 0.484 e. The highest BCUT2D eigenvalue weighted by molar-refractivity contribution is 5.37. The zero-order valence-corrected chi connectivity index (χ0v) is 12.9. The van der Waals surface area contributed by atoms with Crippen molar-refractivity contribution < 1.29 is 18.6 Å². The number of aromatic nitrogens is 2. The van der Waals surface area contributed by atoms with Crippen LogP contribution < -0.4 is 10.1 Å². The van der Waals surface area contributed by atoms with Crippen molar-refractivity contribution in [1.82, 2.24) is 20.4 Å². The van der Waals surface area contributed by atoms with E-state index in [1.807, 2.05) is 7.05 Å². The minimum Gasteiger partial charge on any atom is -0.484 e. The summed E-state index contributed by atoms with van der Waals surface area (Å²) in [5.74, 6) is -0.00571. The van der Waals surface area contributed by atoms with Crippen molar-refractivity contribution in [2.24, 2.45) is 0 Å². The van der Waals surface area contributed by atoms with Gasteiger partial charge in [-0.3, -0.25) is 15.0 Å². The highest BCUT2D eigenvalue weighted by atomic mass is 19.1. The Hall–Kier alpha value is -2.59. The number of nitrogens with zero attached hydrogens (tertiary/aromatic N) is 4. The van der Waals surface area contributed by atoms with E-state index in [1.54, 1.807) is 0 Å². The fourth-order valence-electron chi connectivity index (χ4n) is 2.43. The maximum Gasteiger partial charge on any atom is 0.305 e. The number of piperazine rings is 1. The first-order valence-electron chi connectivity index (χ1n) is 7.35. The molecule has 1 aromatic carbocycles. The Morgan fingerprint density at radius 2 is 2.42 bits per heavy atom. The van der Waals surface area contributed by atoms with Crippen LogP contribution in [0.25, 0.3) is 0 Å². The van der Waals surface area contributed by atoms with Crippen LogP contribution in [-0.4, -0.2) is 46.6 Å². The topological polar surface area (TPSA) is 107 Å². The van der Waals surface area contributed by atoms with E-state index in [-0.39, 0.29) is 24.3 Å². The molecule has 1 unspecified atom stereocenters. The second-order valence-corrected chi connectivity index (χ2v) is 5.41. The van der Waals surface area contributed by atoms with Crippen LogP contribution in [0.1, 0.15) is 17.8 Å². The first-order valence-corrected chi connectivity index (χ1v) is 7.35. The Balaban J connectivity index is 1.63. The van der Waals surface area contributed by atoms with Crippen LogP contribution in [-0.2, 0) is 6.61 Å². The van der Waals surface area contributed by atoms with Gasteiger partial charge in [0.1, 0.15) is 5.75 Å². The van der Waals surface area contributed by atoms with Crippen molar-refractivity contribution in [1.29, 1.82) is 0 Å². The van der Waals surface area contributed by atoms with E-state index in [0.29, 0.717) is 5.82 Å². The highest BCUT2D eigenvalue weighted by Gasteiger charge is 2.25. The molecular formula is C14H16FN5O4. The zero-order chi connectivity index (χ0) is 17.1. The van der Waals surface area contributed by atoms with Gasteiger partial charge in [-0.1, -0.05) is 5.16 Å². The number of halogens is 1. The molecule has 0 spiro atoms. The smallest absolute Gasteiger partial charge is 0.305 e. The molecule has 1 fully saturated rings. The van der Waals surface area contributed by atoms with Crippen LogP contribution in [0.15, 0.2) is 22.7 Å². The van der Waals surface area contributed by atoms with Crippen LogP contribution in [0, 0.1) is 15.9 Å². The number of hydrogen-bond acceptors (Lipinski definition) is 8. The van der Waals surface area contributed by atoms with Crippen molar-refractivity contribution in [3.8, 4) is 5.75 Å².